The van der Waals surface area contributed by atoms with E-state index in [1.807, 2.05) is 29.2 Å². The van der Waals surface area contributed by atoms with E-state index in [-0.39, 0.29) is 0 Å². The molecule has 2 aromatic rings. The number of carboxylic acids is 1. The van der Waals surface area contributed by atoms with Crippen molar-refractivity contribution in [3.05, 3.63) is 59.7 Å². The maximum absolute atomic E-state index is 11.4. The maximum atomic E-state index is 11.4. The van der Waals surface area contributed by atoms with Gasteiger partial charge in [-0.2, -0.15) is 0 Å². The molecule has 2 N–H and O–H groups in total. The summed E-state index contributed by atoms with van der Waals surface area (Å²) in [5.41, 5.74) is 2.90. The molecule has 0 saturated heterocycles. The van der Waals surface area contributed by atoms with Crippen LogP contribution in [0.2, 0.25) is 0 Å². The van der Waals surface area contributed by atoms with Crippen LogP contribution < -0.4 is 9.64 Å². The topological polar surface area (TPSA) is 70.0 Å². The quantitative estimate of drug-likeness (QED) is 0.886. The molecule has 0 fully saturated rings. The van der Waals surface area contributed by atoms with E-state index in [1.165, 1.54) is 5.56 Å². The van der Waals surface area contributed by atoms with Crippen molar-refractivity contribution >= 4 is 11.7 Å². The van der Waals surface area contributed by atoms with Crippen molar-refractivity contribution in [3.8, 4) is 5.75 Å². The second kappa shape index (κ2) is 6.30. The summed E-state index contributed by atoms with van der Waals surface area (Å²) in [7, 11) is 1.58. The summed E-state index contributed by atoms with van der Waals surface area (Å²) in [6, 6.07) is 14.4. The molecule has 0 bridgehead atoms. The molecule has 0 spiro atoms. The van der Waals surface area contributed by atoms with Gasteiger partial charge >= 0.3 is 5.97 Å². The first-order chi connectivity index (χ1) is 11.1. The summed E-state index contributed by atoms with van der Waals surface area (Å²) in [4.78, 5) is 13.4. The van der Waals surface area contributed by atoms with Crippen LogP contribution >= 0.6 is 0 Å². The fourth-order valence-corrected chi connectivity index (χ4v) is 3.12. The van der Waals surface area contributed by atoms with Crippen LogP contribution in [-0.2, 0) is 11.2 Å². The van der Waals surface area contributed by atoms with E-state index in [4.69, 9.17) is 4.74 Å². The highest BCUT2D eigenvalue weighted by atomic mass is 16.5. The molecule has 0 aliphatic carbocycles. The van der Waals surface area contributed by atoms with Crippen LogP contribution in [0.1, 0.15) is 17.2 Å². The van der Waals surface area contributed by atoms with Crippen molar-refractivity contribution in [2.45, 2.75) is 18.6 Å². The first-order valence-electron chi connectivity index (χ1n) is 7.51. The van der Waals surface area contributed by atoms with Gasteiger partial charge in [-0.1, -0.05) is 30.3 Å². The van der Waals surface area contributed by atoms with E-state index in [1.54, 1.807) is 31.4 Å². The average Bonchev–Trinajstić information content (AvgIpc) is 2.99. The van der Waals surface area contributed by atoms with Gasteiger partial charge in [0, 0.05) is 12.2 Å². The minimum absolute atomic E-state index is 0.637. The summed E-state index contributed by atoms with van der Waals surface area (Å²) in [5.74, 6) is -0.533. The van der Waals surface area contributed by atoms with Gasteiger partial charge in [0.2, 0.25) is 0 Å². The summed E-state index contributed by atoms with van der Waals surface area (Å²) >= 11 is 0. The van der Waals surface area contributed by atoms with E-state index in [9.17, 15) is 15.0 Å². The molecule has 0 saturated carbocycles. The van der Waals surface area contributed by atoms with Crippen LogP contribution in [0, 0.1) is 0 Å². The number of fused-ring (bicyclic) bond motifs is 1. The fraction of sp³-hybridized carbons (Fsp3) is 0.278. The van der Waals surface area contributed by atoms with Crippen LogP contribution in [0.15, 0.2) is 48.5 Å². The highest BCUT2D eigenvalue weighted by molar-refractivity contribution is 5.75. The molecular weight excluding hydrogens is 294 g/mol. The monoisotopic (exact) mass is 313 g/mol. The standard InChI is InChI=1S/C18H19NO4/c1-23-14-8-6-13(7-9-14)16(17(20)18(21)22)19-11-10-12-4-2-3-5-15(12)19/h2-9,16-17,20H,10-11H2,1H3,(H,21,22)/t16-,17-/m1/s1. The zero-order valence-corrected chi connectivity index (χ0v) is 12.8. The number of benzene rings is 2. The van der Waals surface area contributed by atoms with Gasteiger partial charge in [0.1, 0.15) is 5.75 Å². The lowest BCUT2D eigenvalue weighted by Gasteiger charge is -2.32. The molecule has 3 rings (SSSR count). The lowest BCUT2D eigenvalue weighted by Crippen LogP contribution is -2.40. The predicted octanol–water partition coefficient (Wildman–Crippen LogP) is 2.24. The number of para-hydroxylation sites is 1. The Morgan fingerprint density at radius 3 is 2.52 bits per heavy atom. The summed E-state index contributed by atoms with van der Waals surface area (Å²) in [5, 5.41) is 19.6. The van der Waals surface area contributed by atoms with Crippen molar-refractivity contribution in [2.24, 2.45) is 0 Å². The molecule has 5 nitrogen and oxygen atoms in total. The Hall–Kier alpha value is -2.53. The zero-order chi connectivity index (χ0) is 16.4. The number of rotatable bonds is 5. The highest BCUT2D eigenvalue weighted by Gasteiger charge is 2.35. The van der Waals surface area contributed by atoms with Crippen molar-refractivity contribution < 1.29 is 19.7 Å². The summed E-state index contributed by atoms with van der Waals surface area (Å²) in [6.45, 7) is 0.681. The molecule has 0 aromatic heterocycles. The van der Waals surface area contributed by atoms with E-state index in [0.717, 1.165) is 17.7 Å². The van der Waals surface area contributed by atoms with E-state index < -0.39 is 18.1 Å². The maximum Gasteiger partial charge on any atom is 0.335 e. The molecule has 5 heteroatoms. The second-order valence-corrected chi connectivity index (χ2v) is 5.57. The highest BCUT2D eigenvalue weighted by Crippen LogP contribution is 2.37. The number of aliphatic hydroxyl groups is 1. The van der Waals surface area contributed by atoms with Crippen LogP contribution in [0.25, 0.3) is 0 Å². The van der Waals surface area contributed by atoms with Crippen LogP contribution in [0.5, 0.6) is 5.75 Å². The number of aliphatic carboxylic acids is 1. The Morgan fingerprint density at radius 1 is 1.17 bits per heavy atom. The van der Waals surface area contributed by atoms with E-state index in [0.29, 0.717) is 12.3 Å². The molecule has 120 valence electrons. The lowest BCUT2D eigenvalue weighted by atomic mass is 9.99. The molecular formula is C18H19NO4. The zero-order valence-electron chi connectivity index (χ0n) is 12.8. The number of hydrogen-bond donors (Lipinski definition) is 2. The normalized spacial score (nSPS) is 15.8. The predicted molar refractivity (Wildman–Crippen MR) is 86.9 cm³/mol. The summed E-state index contributed by atoms with van der Waals surface area (Å²) < 4.78 is 5.15. The third-order valence-corrected chi connectivity index (χ3v) is 4.27. The Labute approximate surface area is 134 Å². The van der Waals surface area contributed by atoms with Gasteiger partial charge in [0.15, 0.2) is 6.10 Å². The van der Waals surface area contributed by atoms with Gasteiger partial charge in [-0.3, -0.25) is 0 Å². The molecule has 23 heavy (non-hydrogen) atoms. The summed E-state index contributed by atoms with van der Waals surface area (Å²) in [6.07, 6.45) is -0.663. The number of anilines is 1. The van der Waals surface area contributed by atoms with Gasteiger partial charge in [-0.25, -0.2) is 4.79 Å². The molecule has 2 aromatic carbocycles. The van der Waals surface area contributed by atoms with Crippen molar-refractivity contribution in [3.63, 3.8) is 0 Å². The molecule has 0 amide bonds. The van der Waals surface area contributed by atoms with Crippen LogP contribution in [0.3, 0.4) is 0 Å². The second-order valence-electron chi connectivity index (χ2n) is 5.57. The minimum Gasteiger partial charge on any atom is -0.497 e. The minimum atomic E-state index is -1.51. The van der Waals surface area contributed by atoms with Crippen molar-refractivity contribution in [1.82, 2.24) is 0 Å². The lowest BCUT2D eigenvalue weighted by molar-refractivity contribution is -0.147. The number of ether oxygens (including phenoxy) is 1. The fourth-order valence-electron chi connectivity index (χ4n) is 3.12. The van der Waals surface area contributed by atoms with Gasteiger partial charge in [0.05, 0.1) is 13.2 Å². The largest absolute Gasteiger partial charge is 0.497 e. The third-order valence-electron chi connectivity index (χ3n) is 4.27. The van der Waals surface area contributed by atoms with Crippen LogP contribution in [-0.4, -0.2) is 35.9 Å². The van der Waals surface area contributed by atoms with E-state index in [2.05, 4.69) is 0 Å². The first kappa shape index (κ1) is 15.4. The Bertz CT molecular complexity index is 698. The van der Waals surface area contributed by atoms with Crippen molar-refractivity contribution in [2.75, 3.05) is 18.6 Å². The average molecular weight is 313 g/mol. The number of methoxy groups -OCH3 is 1. The molecule has 1 aliphatic rings. The number of nitrogens with zero attached hydrogens (tertiary/aromatic N) is 1. The van der Waals surface area contributed by atoms with E-state index >= 15 is 0 Å². The van der Waals surface area contributed by atoms with Gasteiger partial charge in [-0.15, -0.1) is 0 Å². The molecule has 0 radical (unpaired) electrons. The third kappa shape index (κ3) is 2.87. The van der Waals surface area contributed by atoms with Gasteiger partial charge in [0.25, 0.3) is 0 Å². The van der Waals surface area contributed by atoms with Crippen LogP contribution in [0.4, 0.5) is 5.69 Å². The first-order valence-corrected chi connectivity index (χ1v) is 7.51. The number of carboxylic acid groups (broad SMARTS) is 1. The molecule has 1 heterocycles. The van der Waals surface area contributed by atoms with Gasteiger partial charge < -0.3 is 19.8 Å². The number of carbonyl (C=O) groups is 1. The number of hydrogen-bond acceptors (Lipinski definition) is 4. The van der Waals surface area contributed by atoms with Crippen molar-refractivity contribution in [1.29, 1.82) is 0 Å². The Morgan fingerprint density at radius 2 is 1.87 bits per heavy atom. The molecule has 2 atom stereocenters. The molecule has 0 unspecified atom stereocenters. The Balaban J connectivity index is 2.01. The SMILES string of the molecule is COc1ccc([C@H]([C@@H](O)C(=O)O)N2CCc3ccccc32)cc1. The number of aliphatic hydroxyl groups excluding tert-OH is 1. The Kier molecular flexibility index (Phi) is 4.21. The molecule has 1 aliphatic heterocycles. The smallest absolute Gasteiger partial charge is 0.335 e. The van der Waals surface area contributed by atoms with Gasteiger partial charge in [-0.05, 0) is 35.7 Å².